The highest BCUT2D eigenvalue weighted by molar-refractivity contribution is 5.77. The van der Waals surface area contributed by atoms with Gasteiger partial charge in [-0.15, -0.1) is 0 Å². The van der Waals surface area contributed by atoms with E-state index in [0.717, 1.165) is 38.4 Å². The Kier molecular flexibility index (Phi) is 5.86. The lowest BCUT2D eigenvalue weighted by molar-refractivity contribution is -0.137. The number of piperidine rings is 1. The van der Waals surface area contributed by atoms with Crippen LogP contribution in [0.4, 0.5) is 13.2 Å². The Balaban J connectivity index is 1.53. The zero-order valence-electron chi connectivity index (χ0n) is 16.6. The van der Waals surface area contributed by atoms with Gasteiger partial charge >= 0.3 is 6.18 Å². The molecule has 3 aliphatic rings. The summed E-state index contributed by atoms with van der Waals surface area (Å²) in [5.41, 5.74) is 0.0583. The van der Waals surface area contributed by atoms with Crippen LogP contribution in [-0.4, -0.2) is 60.3 Å². The van der Waals surface area contributed by atoms with E-state index in [0.29, 0.717) is 25.2 Å². The number of likely N-dealkylation sites (tertiary alicyclic amines) is 1. The van der Waals surface area contributed by atoms with Crippen molar-refractivity contribution in [2.45, 2.75) is 63.1 Å². The molecule has 0 aromatic heterocycles. The predicted octanol–water partition coefficient (Wildman–Crippen LogP) is 3.17. The summed E-state index contributed by atoms with van der Waals surface area (Å²) in [5.74, 6) is 0.0136. The Bertz CT molecular complexity index is 742. The fourth-order valence-electron chi connectivity index (χ4n) is 5.05. The second-order valence-electron chi connectivity index (χ2n) is 8.36. The minimum atomic E-state index is -4.35. The van der Waals surface area contributed by atoms with E-state index in [-0.39, 0.29) is 30.2 Å². The molecule has 1 N–H and O–H groups in total. The number of ether oxygens (including phenoxy) is 1. The van der Waals surface area contributed by atoms with Gasteiger partial charge in [0, 0.05) is 37.6 Å². The van der Waals surface area contributed by atoms with Crippen LogP contribution in [0.15, 0.2) is 24.3 Å². The summed E-state index contributed by atoms with van der Waals surface area (Å²) in [6.45, 7) is 5.03. The molecule has 2 unspecified atom stereocenters. The van der Waals surface area contributed by atoms with Crippen LogP contribution in [0.3, 0.4) is 0 Å². The highest BCUT2D eigenvalue weighted by Gasteiger charge is 2.40. The van der Waals surface area contributed by atoms with Gasteiger partial charge in [0.15, 0.2) is 0 Å². The van der Waals surface area contributed by atoms with Crippen LogP contribution in [0.1, 0.15) is 49.8 Å². The third kappa shape index (κ3) is 4.44. The Morgan fingerprint density at radius 2 is 2.03 bits per heavy atom. The Morgan fingerprint density at radius 3 is 2.79 bits per heavy atom. The van der Waals surface area contributed by atoms with Crippen LogP contribution in [0, 0.1) is 0 Å². The first-order valence-electron chi connectivity index (χ1n) is 10.4. The van der Waals surface area contributed by atoms with E-state index >= 15 is 0 Å². The molecule has 1 aromatic carbocycles. The molecule has 0 saturated carbocycles. The molecule has 0 radical (unpaired) electrons. The van der Waals surface area contributed by atoms with Gasteiger partial charge in [0.05, 0.1) is 24.9 Å². The number of hydrogen-bond donors (Lipinski definition) is 1. The molecule has 0 spiro atoms. The molecule has 3 aliphatic heterocycles. The predicted molar refractivity (Wildman–Crippen MR) is 102 cm³/mol. The summed E-state index contributed by atoms with van der Waals surface area (Å²) in [5, 5.41) is 3.09. The molecule has 3 saturated heterocycles. The average Bonchev–Trinajstić information content (AvgIpc) is 3.17. The van der Waals surface area contributed by atoms with Gasteiger partial charge in [-0.05, 0) is 43.9 Å². The zero-order chi connectivity index (χ0) is 20.6. The molecule has 1 amide bonds. The number of nitrogens with zero attached hydrogens (tertiary/aromatic N) is 2. The van der Waals surface area contributed by atoms with Gasteiger partial charge in [-0.2, -0.15) is 13.2 Å². The number of amides is 1. The second-order valence-corrected chi connectivity index (χ2v) is 8.36. The van der Waals surface area contributed by atoms with Gasteiger partial charge in [0.1, 0.15) is 0 Å². The Morgan fingerprint density at radius 1 is 1.21 bits per heavy atom. The number of halogens is 3. The highest BCUT2D eigenvalue weighted by atomic mass is 19.4. The standard InChI is InChI=1S/C21H28F3N3O2/c1-14-13-29-9-8-26(14)17-11-19(25-20(28)12-17)27-7-3-6-18(27)15-4-2-5-16(10-15)21(22,23)24/h2,4-5,10,14,17-19H,3,6-9,11-13H2,1H3,(H,25,28)/t14-,17?,18-,19?/m1/s1. The molecule has 1 aromatic rings. The number of morpholine rings is 1. The lowest BCUT2D eigenvalue weighted by Crippen LogP contribution is -2.59. The maximum atomic E-state index is 13.2. The second kappa shape index (κ2) is 8.24. The maximum Gasteiger partial charge on any atom is 0.416 e. The third-order valence-electron chi connectivity index (χ3n) is 6.43. The summed E-state index contributed by atoms with van der Waals surface area (Å²) in [6.07, 6.45) is -1.55. The number of benzene rings is 1. The first-order valence-corrected chi connectivity index (χ1v) is 10.4. The first kappa shape index (κ1) is 20.6. The molecule has 3 fully saturated rings. The van der Waals surface area contributed by atoms with Crippen molar-refractivity contribution in [2.75, 3.05) is 26.3 Å². The van der Waals surface area contributed by atoms with Crippen LogP contribution < -0.4 is 5.32 Å². The van der Waals surface area contributed by atoms with E-state index < -0.39 is 11.7 Å². The highest BCUT2D eigenvalue weighted by Crippen LogP contribution is 2.38. The van der Waals surface area contributed by atoms with Crippen molar-refractivity contribution in [1.82, 2.24) is 15.1 Å². The van der Waals surface area contributed by atoms with Crippen LogP contribution in [0.25, 0.3) is 0 Å². The molecule has 160 valence electrons. The van der Waals surface area contributed by atoms with E-state index in [1.807, 2.05) is 0 Å². The number of rotatable bonds is 3. The SMILES string of the molecule is C[C@@H]1COCCN1C1CC(=O)NC(N2CCC[C@@H]2c2cccc(C(F)(F)F)c2)C1. The van der Waals surface area contributed by atoms with E-state index in [2.05, 4.69) is 22.0 Å². The van der Waals surface area contributed by atoms with E-state index in [4.69, 9.17) is 4.74 Å². The fourth-order valence-corrected chi connectivity index (χ4v) is 5.05. The quantitative estimate of drug-likeness (QED) is 0.830. The molecule has 8 heteroatoms. The monoisotopic (exact) mass is 411 g/mol. The Hall–Kier alpha value is -1.64. The minimum absolute atomic E-state index is 0.0136. The van der Waals surface area contributed by atoms with Gasteiger partial charge in [0.2, 0.25) is 5.91 Å². The molecule has 3 heterocycles. The summed E-state index contributed by atoms with van der Waals surface area (Å²) in [7, 11) is 0. The smallest absolute Gasteiger partial charge is 0.379 e. The van der Waals surface area contributed by atoms with Crippen molar-refractivity contribution in [3.63, 3.8) is 0 Å². The fraction of sp³-hybridized carbons (Fsp3) is 0.667. The summed E-state index contributed by atoms with van der Waals surface area (Å²) >= 11 is 0. The zero-order valence-corrected chi connectivity index (χ0v) is 16.6. The summed E-state index contributed by atoms with van der Waals surface area (Å²) < 4.78 is 45.0. The van der Waals surface area contributed by atoms with Gasteiger partial charge in [-0.1, -0.05) is 12.1 Å². The number of carbonyl (C=O) groups is 1. The summed E-state index contributed by atoms with van der Waals surface area (Å²) in [6, 6.07) is 5.91. The molecule has 4 rings (SSSR count). The number of hydrogen-bond acceptors (Lipinski definition) is 4. The van der Waals surface area contributed by atoms with Crippen molar-refractivity contribution in [3.8, 4) is 0 Å². The topological polar surface area (TPSA) is 44.8 Å². The van der Waals surface area contributed by atoms with Crippen LogP contribution in [0.2, 0.25) is 0 Å². The van der Waals surface area contributed by atoms with Gasteiger partial charge in [0.25, 0.3) is 0 Å². The normalized spacial score (nSPS) is 32.3. The molecular weight excluding hydrogens is 383 g/mol. The molecule has 4 atom stereocenters. The third-order valence-corrected chi connectivity index (χ3v) is 6.43. The Labute approximate surface area is 169 Å². The lowest BCUT2D eigenvalue weighted by Gasteiger charge is -2.45. The largest absolute Gasteiger partial charge is 0.416 e. The van der Waals surface area contributed by atoms with Crippen molar-refractivity contribution in [3.05, 3.63) is 35.4 Å². The van der Waals surface area contributed by atoms with Crippen molar-refractivity contribution in [2.24, 2.45) is 0 Å². The van der Waals surface area contributed by atoms with Crippen LogP contribution >= 0.6 is 0 Å². The van der Waals surface area contributed by atoms with Gasteiger partial charge in [-0.25, -0.2) is 0 Å². The molecule has 5 nitrogen and oxygen atoms in total. The number of nitrogens with one attached hydrogen (secondary N) is 1. The molecular formula is C21H28F3N3O2. The van der Waals surface area contributed by atoms with E-state index in [9.17, 15) is 18.0 Å². The summed E-state index contributed by atoms with van der Waals surface area (Å²) in [4.78, 5) is 17.0. The van der Waals surface area contributed by atoms with Crippen molar-refractivity contribution < 1.29 is 22.7 Å². The number of alkyl halides is 3. The van der Waals surface area contributed by atoms with Crippen molar-refractivity contribution >= 4 is 5.91 Å². The van der Waals surface area contributed by atoms with Gasteiger partial charge < -0.3 is 10.1 Å². The maximum absolute atomic E-state index is 13.2. The van der Waals surface area contributed by atoms with Gasteiger partial charge in [-0.3, -0.25) is 14.6 Å². The van der Waals surface area contributed by atoms with Crippen LogP contribution in [0.5, 0.6) is 0 Å². The average molecular weight is 411 g/mol. The first-order chi connectivity index (χ1) is 13.8. The minimum Gasteiger partial charge on any atom is -0.379 e. The molecule has 0 bridgehead atoms. The van der Waals surface area contributed by atoms with Crippen LogP contribution in [-0.2, 0) is 15.7 Å². The molecule has 0 aliphatic carbocycles. The van der Waals surface area contributed by atoms with E-state index in [1.54, 1.807) is 6.07 Å². The van der Waals surface area contributed by atoms with Crippen molar-refractivity contribution in [1.29, 1.82) is 0 Å². The lowest BCUT2D eigenvalue weighted by atomic mass is 9.96. The number of carbonyl (C=O) groups excluding carboxylic acids is 1. The van der Waals surface area contributed by atoms with E-state index in [1.165, 1.54) is 12.1 Å². The molecule has 29 heavy (non-hydrogen) atoms.